The first-order valence-electron chi connectivity index (χ1n) is 10.8. The molecule has 0 aromatic heterocycles. The van der Waals surface area contributed by atoms with Gasteiger partial charge in [-0.25, -0.2) is 0 Å². The van der Waals surface area contributed by atoms with Gasteiger partial charge in [-0.1, -0.05) is 35.9 Å². The van der Waals surface area contributed by atoms with Crippen molar-refractivity contribution in [3.8, 4) is 0 Å². The van der Waals surface area contributed by atoms with Gasteiger partial charge >= 0.3 is 5.92 Å². The van der Waals surface area contributed by atoms with Crippen LogP contribution in [0, 0.1) is 0 Å². The molecule has 2 heterocycles. The van der Waals surface area contributed by atoms with Crippen LogP contribution < -0.4 is 0 Å². The number of halogens is 3. The van der Waals surface area contributed by atoms with Gasteiger partial charge in [0, 0.05) is 28.6 Å². The Kier molecular flexibility index (Phi) is 7.09. The summed E-state index contributed by atoms with van der Waals surface area (Å²) >= 11 is 5.72. The zero-order valence-electron chi connectivity index (χ0n) is 19.1. The van der Waals surface area contributed by atoms with Gasteiger partial charge in [-0.2, -0.15) is 8.78 Å². The van der Waals surface area contributed by atoms with E-state index in [9.17, 15) is 28.0 Å². The van der Waals surface area contributed by atoms with Crippen LogP contribution in [-0.4, -0.2) is 83.7 Å². The molecule has 4 amide bonds. The molecule has 2 aliphatic heterocycles. The van der Waals surface area contributed by atoms with Crippen LogP contribution in [0.3, 0.4) is 0 Å². The molecular formula is C22H13B5ClF2N3O4. The lowest BCUT2D eigenvalue weighted by Crippen LogP contribution is -2.58. The molecule has 2 aromatic carbocycles. The number of carbonyl (C=O) groups excluding carboxylic acids is 4. The molecule has 37 heavy (non-hydrogen) atoms. The minimum atomic E-state index is -4.00. The van der Waals surface area contributed by atoms with E-state index < -0.39 is 58.7 Å². The summed E-state index contributed by atoms with van der Waals surface area (Å²) in [5.74, 6) is -12.2. The fourth-order valence-corrected chi connectivity index (χ4v) is 4.41. The maximum absolute atomic E-state index is 14.8. The molecule has 1 saturated heterocycles. The van der Waals surface area contributed by atoms with E-state index in [-0.39, 0.29) is 27.5 Å². The first kappa shape index (κ1) is 27.0. The van der Waals surface area contributed by atoms with E-state index in [1.54, 1.807) is 0 Å². The van der Waals surface area contributed by atoms with Crippen LogP contribution >= 0.6 is 11.6 Å². The summed E-state index contributed by atoms with van der Waals surface area (Å²) in [6.45, 7) is -0.146. The SMILES string of the molecule is [B]C1C(=O)N([B])C(=O)C(N2Cc3cc(C([B])N([B])C(=O)C(F)(F)c4ccc(Cl)cc4)ccc3C2=O)C1[B]. The zero-order valence-corrected chi connectivity index (χ0v) is 19.8. The minimum absolute atomic E-state index is 0.141. The van der Waals surface area contributed by atoms with Crippen molar-refractivity contribution >= 4 is 74.7 Å². The van der Waals surface area contributed by atoms with Gasteiger partial charge in [0.05, 0.1) is 15.7 Å². The van der Waals surface area contributed by atoms with E-state index in [2.05, 4.69) is 0 Å². The number of fused-ring (bicyclic) bond motifs is 1. The monoisotopic (exact) mass is 511 g/mol. The molecule has 10 radical (unpaired) electrons. The lowest BCUT2D eigenvalue weighted by Gasteiger charge is -2.42. The Morgan fingerprint density at radius 3 is 2.32 bits per heavy atom. The van der Waals surface area contributed by atoms with Crippen LogP contribution in [0.25, 0.3) is 0 Å². The number of amides is 4. The number of hydrogen-bond acceptors (Lipinski definition) is 4. The third-order valence-corrected chi connectivity index (χ3v) is 6.69. The number of imide groups is 1. The molecule has 176 valence electrons. The van der Waals surface area contributed by atoms with E-state index in [1.165, 1.54) is 30.3 Å². The highest BCUT2D eigenvalue weighted by molar-refractivity contribution is 6.40. The molecule has 15 heteroatoms. The number of alkyl halides is 2. The van der Waals surface area contributed by atoms with E-state index in [1.807, 2.05) is 0 Å². The molecule has 2 aromatic rings. The van der Waals surface area contributed by atoms with Crippen LogP contribution in [0.15, 0.2) is 42.5 Å². The molecule has 0 bridgehead atoms. The number of carbonyl (C=O) groups is 4. The van der Waals surface area contributed by atoms with Crippen LogP contribution in [0.2, 0.25) is 16.7 Å². The highest BCUT2D eigenvalue weighted by atomic mass is 35.5. The average molecular weight is 511 g/mol. The minimum Gasteiger partial charge on any atom is -0.393 e. The second kappa shape index (κ2) is 9.70. The molecule has 4 atom stereocenters. The summed E-state index contributed by atoms with van der Waals surface area (Å²) in [4.78, 5) is 51.8. The normalized spacial score (nSPS) is 22.7. The van der Waals surface area contributed by atoms with Gasteiger partial charge < -0.3 is 14.5 Å². The first-order chi connectivity index (χ1) is 17.3. The van der Waals surface area contributed by atoms with Crippen molar-refractivity contribution in [3.63, 3.8) is 0 Å². The largest absolute Gasteiger partial charge is 0.393 e. The molecule has 0 aliphatic carbocycles. The van der Waals surface area contributed by atoms with Gasteiger partial charge in [0.15, 0.2) is 0 Å². The second-order valence-corrected chi connectivity index (χ2v) is 9.12. The summed E-state index contributed by atoms with van der Waals surface area (Å²) < 4.78 is 29.6. The summed E-state index contributed by atoms with van der Waals surface area (Å²) in [7, 11) is 29.0. The number of rotatable bonds is 5. The highest BCUT2D eigenvalue weighted by Crippen LogP contribution is 2.38. The van der Waals surface area contributed by atoms with Gasteiger partial charge in [0.25, 0.3) is 11.8 Å². The number of hydrogen-bond donors (Lipinski definition) is 0. The molecule has 7 nitrogen and oxygen atoms in total. The molecule has 2 aliphatic rings. The van der Waals surface area contributed by atoms with Gasteiger partial charge in [0.2, 0.25) is 27.8 Å². The fraction of sp³-hybridized carbons (Fsp3) is 0.273. The van der Waals surface area contributed by atoms with Crippen molar-refractivity contribution in [1.29, 1.82) is 0 Å². The molecular weight excluding hydrogens is 498 g/mol. The Balaban J connectivity index is 1.56. The van der Waals surface area contributed by atoms with E-state index in [0.29, 0.717) is 10.4 Å². The van der Waals surface area contributed by atoms with Gasteiger partial charge in [-0.15, -0.1) is 0 Å². The van der Waals surface area contributed by atoms with Crippen molar-refractivity contribution in [1.82, 2.24) is 14.5 Å². The van der Waals surface area contributed by atoms with Crippen LogP contribution in [0.4, 0.5) is 8.78 Å². The first-order valence-corrected chi connectivity index (χ1v) is 11.2. The number of benzene rings is 2. The molecule has 1 fully saturated rings. The molecule has 4 rings (SSSR count). The van der Waals surface area contributed by atoms with Crippen LogP contribution in [0.1, 0.15) is 33.0 Å². The lowest BCUT2D eigenvalue weighted by atomic mass is 9.59. The molecule has 0 N–H and O–H groups in total. The Morgan fingerprint density at radius 1 is 1.08 bits per heavy atom. The third-order valence-electron chi connectivity index (χ3n) is 6.44. The summed E-state index contributed by atoms with van der Waals surface area (Å²) in [5.41, 5.74) is 0.0466. The predicted octanol–water partition coefficient (Wildman–Crippen LogP) is 0.902. The average Bonchev–Trinajstić information content (AvgIpc) is 3.20. The maximum Gasteiger partial charge on any atom is 0.348 e. The standard InChI is InChI=1S/C22H13B5ClF2N3O4/c23-14-15(24)19(35)33(27)20(36)16(14)31-8-10-7-9(1-6-13(10)18(31)34)17(25)32(26)21(37)22(29,30)11-2-4-12(28)5-3-11/h1-7,14-17H,8H2. The topological polar surface area (TPSA) is 78.0 Å². The predicted molar refractivity (Wildman–Crippen MR) is 133 cm³/mol. The lowest BCUT2D eigenvalue weighted by molar-refractivity contribution is -0.154. The van der Waals surface area contributed by atoms with Gasteiger partial charge in [-0.05, 0) is 41.0 Å². The molecule has 0 saturated carbocycles. The maximum atomic E-state index is 14.8. The van der Waals surface area contributed by atoms with Crippen LogP contribution in [-0.2, 0) is 26.9 Å². The van der Waals surface area contributed by atoms with E-state index >= 15 is 0 Å². The van der Waals surface area contributed by atoms with Crippen molar-refractivity contribution in [3.05, 3.63) is 69.7 Å². The Morgan fingerprint density at radius 2 is 1.70 bits per heavy atom. The van der Waals surface area contributed by atoms with Crippen molar-refractivity contribution < 1.29 is 28.0 Å². The van der Waals surface area contributed by atoms with E-state index in [0.717, 1.165) is 17.0 Å². The Labute approximate surface area is 222 Å². The van der Waals surface area contributed by atoms with Crippen molar-refractivity contribution in [2.45, 2.75) is 36.1 Å². The van der Waals surface area contributed by atoms with Crippen molar-refractivity contribution in [2.75, 3.05) is 0 Å². The van der Waals surface area contributed by atoms with Gasteiger partial charge in [0.1, 0.15) is 13.9 Å². The summed E-state index contributed by atoms with van der Waals surface area (Å²) in [5, 5.41) is 0.207. The quantitative estimate of drug-likeness (QED) is 0.442. The Bertz CT molecular complexity index is 1300. The second-order valence-electron chi connectivity index (χ2n) is 8.68. The van der Waals surface area contributed by atoms with E-state index in [4.69, 9.17) is 51.1 Å². The highest BCUT2D eigenvalue weighted by Gasteiger charge is 2.48. The third kappa shape index (κ3) is 4.49. The Hall–Kier alpha value is -3.01. The smallest absolute Gasteiger partial charge is 0.348 e. The van der Waals surface area contributed by atoms with Crippen molar-refractivity contribution in [2.24, 2.45) is 0 Å². The summed E-state index contributed by atoms with van der Waals surface area (Å²) in [6, 6.07) is 7.17. The van der Waals surface area contributed by atoms with Crippen LogP contribution in [0.5, 0.6) is 0 Å². The summed E-state index contributed by atoms with van der Waals surface area (Å²) in [6.07, 6.45) is 0. The molecule has 0 spiro atoms. The number of nitrogens with zero attached hydrogens (tertiary/aromatic N) is 3. The van der Waals surface area contributed by atoms with Gasteiger partial charge in [-0.3, -0.25) is 19.2 Å². The number of piperidine rings is 1. The zero-order chi connectivity index (χ0) is 27.4. The molecule has 4 unspecified atom stereocenters. The fourth-order valence-electron chi connectivity index (χ4n) is 4.28.